The minimum atomic E-state index is -1.17. The van der Waals surface area contributed by atoms with Crippen LogP contribution in [-0.2, 0) is 4.79 Å². The second-order valence-electron chi connectivity index (χ2n) is 5.86. The molecular formula is C19H19F2NO2. The monoisotopic (exact) mass is 331 g/mol. The van der Waals surface area contributed by atoms with E-state index in [2.05, 4.69) is 5.32 Å². The molecular weight excluding hydrogens is 312 g/mol. The summed E-state index contributed by atoms with van der Waals surface area (Å²) in [6.07, 6.45) is 1.11. The zero-order valence-corrected chi connectivity index (χ0v) is 13.7. The molecule has 0 saturated heterocycles. The maximum absolute atomic E-state index is 14.3. The van der Waals surface area contributed by atoms with E-state index in [9.17, 15) is 13.6 Å². The van der Waals surface area contributed by atoms with E-state index in [1.807, 2.05) is 13.8 Å². The van der Waals surface area contributed by atoms with Gasteiger partial charge in [0.15, 0.2) is 0 Å². The number of nitrogens with one attached hydrogen (secondary N) is 1. The average molecular weight is 331 g/mol. The van der Waals surface area contributed by atoms with Crippen molar-refractivity contribution in [2.45, 2.75) is 26.8 Å². The van der Waals surface area contributed by atoms with E-state index in [0.717, 1.165) is 23.9 Å². The number of hydrogen-bond donors (Lipinski definition) is 2. The number of carbonyl (C=O) groups is 1. The molecule has 0 aliphatic heterocycles. The summed E-state index contributed by atoms with van der Waals surface area (Å²) in [5, 5.41) is 12.1. The molecule has 0 atom stereocenters. The Morgan fingerprint density at radius 1 is 1.12 bits per heavy atom. The Balaban J connectivity index is 2.37. The number of carboxylic acid groups (broad SMARTS) is 1. The van der Waals surface area contributed by atoms with Gasteiger partial charge in [-0.2, -0.15) is 0 Å². The lowest BCUT2D eigenvalue weighted by Gasteiger charge is -2.11. The fourth-order valence-corrected chi connectivity index (χ4v) is 2.27. The molecule has 0 unspecified atom stereocenters. The van der Waals surface area contributed by atoms with Crippen LogP contribution < -0.4 is 5.32 Å². The van der Waals surface area contributed by atoms with Gasteiger partial charge in [0.25, 0.3) is 0 Å². The molecule has 3 nitrogen and oxygen atoms in total. The van der Waals surface area contributed by atoms with Gasteiger partial charge >= 0.3 is 5.97 Å². The van der Waals surface area contributed by atoms with Crippen LogP contribution in [0.5, 0.6) is 0 Å². The molecule has 0 fully saturated rings. The van der Waals surface area contributed by atoms with Gasteiger partial charge in [0.05, 0.1) is 0 Å². The number of rotatable bonds is 5. The quantitative estimate of drug-likeness (QED) is 0.763. The number of hydrogen-bond acceptors (Lipinski definition) is 2. The predicted octanol–water partition coefficient (Wildman–Crippen LogP) is 4.94. The fraction of sp³-hybridized carbons (Fsp3) is 0.211. The van der Waals surface area contributed by atoms with Gasteiger partial charge in [-0.15, -0.1) is 0 Å². The third-order valence-corrected chi connectivity index (χ3v) is 3.45. The number of aliphatic carboxylic acids is 1. The first kappa shape index (κ1) is 17.7. The molecule has 24 heavy (non-hydrogen) atoms. The molecule has 5 heteroatoms. The highest BCUT2D eigenvalue weighted by Crippen LogP contribution is 2.28. The molecule has 126 valence electrons. The summed E-state index contributed by atoms with van der Waals surface area (Å²) in [6, 6.07) is 9.39. The van der Waals surface area contributed by atoms with Gasteiger partial charge < -0.3 is 10.4 Å². The van der Waals surface area contributed by atoms with Gasteiger partial charge in [-0.1, -0.05) is 12.1 Å². The molecule has 0 heterocycles. The molecule has 0 spiro atoms. The fourth-order valence-electron chi connectivity index (χ4n) is 2.27. The van der Waals surface area contributed by atoms with E-state index in [1.54, 1.807) is 24.3 Å². The smallest absolute Gasteiger partial charge is 0.331 e. The predicted molar refractivity (Wildman–Crippen MR) is 91.8 cm³/mol. The van der Waals surface area contributed by atoms with Crippen molar-refractivity contribution in [3.05, 3.63) is 59.2 Å². The molecule has 0 amide bonds. The zero-order valence-electron chi connectivity index (χ0n) is 13.7. The van der Waals surface area contributed by atoms with E-state index in [-0.39, 0.29) is 22.7 Å². The average Bonchev–Trinajstić information content (AvgIpc) is 2.50. The van der Waals surface area contributed by atoms with Gasteiger partial charge in [-0.3, -0.25) is 0 Å². The van der Waals surface area contributed by atoms with Crippen LogP contribution in [-0.4, -0.2) is 17.1 Å². The first-order valence-corrected chi connectivity index (χ1v) is 7.55. The topological polar surface area (TPSA) is 49.3 Å². The summed E-state index contributed by atoms with van der Waals surface area (Å²) in [6.45, 7) is 5.34. The van der Waals surface area contributed by atoms with Gasteiger partial charge in [-0.05, 0) is 56.7 Å². The Kier molecular flexibility index (Phi) is 5.34. The van der Waals surface area contributed by atoms with Crippen molar-refractivity contribution < 1.29 is 18.7 Å². The van der Waals surface area contributed by atoms with Crippen LogP contribution in [0.1, 0.15) is 26.3 Å². The lowest BCUT2D eigenvalue weighted by atomic mass is 10.0. The van der Waals surface area contributed by atoms with Gasteiger partial charge in [0, 0.05) is 28.4 Å². The molecule has 0 saturated carbocycles. The standard InChI is InChI=1S/C19H19F2NO2/c1-11(2)22-15-6-4-13(5-7-15)16-10-17(20)14(9-18(16)21)8-12(3)19(23)24/h4-11,22H,1-3H3,(H,23,24)/b12-8+. The summed E-state index contributed by atoms with van der Waals surface area (Å²) in [5.41, 5.74) is 1.42. The van der Waals surface area contributed by atoms with Gasteiger partial charge in [-0.25, -0.2) is 13.6 Å². The van der Waals surface area contributed by atoms with Crippen molar-refractivity contribution in [1.29, 1.82) is 0 Å². The summed E-state index contributed by atoms with van der Waals surface area (Å²) in [5.74, 6) is -2.45. The number of halogens is 2. The van der Waals surface area contributed by atoms with Crippen LogP contribution in [0.2, 0.25) is 0 Å². The van der Waals surface area contributed by atoms with Crippen LogP contribution >= 0.6 is 0 Å². The van der Waals surface area contributed by atoms with E-state index < -0.39 is 17.6 Å². The Morgan fingerprint density at radius 3 is 2.29 bits per heavy atom. The third-order valence-electron chi connectivity index (χ3n) is 3.45. The maximum Gasteiger partial charge on any atom is 0.331 e. The molecule has 0 aliphatic carbocycles. The van der Waals surface area contributed by atoms with Crippen molar-refractivity contribution in [3.8, 4) is 11.1 Å². The van der Waals surface area contributed by atoms with Crippen molar-refractivity contribution >= 4 is 17.7 Å². The molecule has 0 aromatic heterocycles. The molecule has 2 aromatic carbocycles. The molecule has 0 aliphatic rings. The molecule has 0 radical (unpaired) electrons. The van der Waals surface area contributed by atoms with Crippen molar-refractivity contribution in [3.63, 3.8) is 0 Å². The second kappa shape index (κ2) is 7.25. The number of carboxylic acids is 1. The highest BCUT2D eigenvalue weighted by atomic mass is 19.1. The molecule has 2 aromatic rings. The minimum Gasteiger partial charge on any atom is -0.478 e. The van der Waals surface area contributed by atoms with E-state index in [0.29, 0.717) is 5.56 Å². The summed E-state index contributed by atoms with van der Waals surface area (Å²) in [7, 11) is 0. The van der Waals surface area contributed by atoms with Crippen molar-refractivity contribution in [1.82, 2.24) is 0 Å². The summed E-state index contributed by atoms with van der Waals surface area (Å²) >= 11 is 0. The summed E-state index contributed by atoms with van der Waals surface area (Å²) < 4.78 is 28.5. The van der Waals surface area contributed by atoms with Crippen LogP contribution in [0.15, 0.2) is 42.0 Å². The second-order valence-corrected chi connectivity index (χ2v) is 5.86. The lowest BCUT2D eigenvalue weighted by molar-refractivity contribution is -0.132. The highest BCUT2D eigenvalue weighted by Gasteiger charge is 2.12. The Bertz CT molecular complexity index is 781. The van der Waals surface area contributed by atoms with E-state index in [4.69, 9.17) is 5.11 Å². The van der Waals surface area contributed by atoms with Gasteiger partial charge in [0.1, 0.15) is 11.6 Å². The van der Waals surface area contributed by atoms with Crippen molar-refractivity contribution in [2.75, 3.05) is 5.32 Å². The largest absolute Gasteiger partial charge is 0.478 e. The van der Waals surface area contributed by atoms with Gasteiger partial charge in [0.2, 0.25) is 0 Å². The Labute approximate surface area is 139 Å². The molecule has 2 rings (SSSR count). The minimum absolute atomic E-state index is 0.0647. The van der Waals surface area contributed by atoms with Crippen molar-refractivity contribution in [2.24, 2.45) is 0 Å². The van der Waals surface area contributed by atoms with Crippen LogP contribution in [0.4, 0.5) is 14.5 Å². The normalized spacial score (nSPS) is 11.7. The molecule has 2 N–H and O–H groups in total. The summed E-state index contributed by atoms with van der Waals surface area (Å²) in [4.78, 5) is 10.8. The van der Waals surface area contributed by atoms with Crippen LogP contribution in [0, 0.1) is 11.6 Å². The maximum atomic E-state index is 14.3. The highest BCUT2D eigenvalue weighted by molar-refractivity contribution is 5.91. The number of benzene rings is 2. The Morgan fingerprint density at radius 2 is 1.75 bits per heavy atom. The lowest BCUT2D eigenvalue weighted by Crippen LogP contribution is -2.09. The zero-order chi connectivity index (χ0) is 17.9. The van der Waals surface area contributed by atoms with Crippen LogP contribution in [0.3, 0.4) is 0 Å². The SMILES string of the molecule is C/C(=C\c1cc(F)c(-c2ccc(NC(C)C)cc2)cc1F)C(=O)O. The first-order valence-electron chi connectivity index (χ1n) is 7.55. The van der Waals surface area contributed by atoms with Crippen LogP contribution in [0.25, 0.3) is 17.2 Å². The third kappa shape index (κ3) is 4.19. The van der Waals surface area contributed by atoms with E-state index in [1.165, 1.54) is 6.92 Å². The Hall–Kier alpha value is -2.69. The number of anilines is 1. The first-order chi connectivity index (χ1) is 11.3. The van der Waals surface area contributed by atoms with E-state index >= 15 is 0 Å². The molecule has 0 bridgehead atoms.